The molecule has 2 aromatic heterocycles. The first-order valence-electron chi connectivity index (χ1n) is 6.78. The quantitative estimate of drug-likeness (QED) is 0.644. The van der Waals surface area contributed by atoms with Gasteiger partial charge < -0.3 is 5.32 Å². The molecule has 1 aliphatic carbocycles. The molecule has 1 amide bonds. The van der Waals surface area contributed by atoms with Crippen LogP contribution in [0.25, 0.3) is 0 Å². The fraction of sp³-hybridized carbons (Fsp3) is 0.357. The van der Waals surface area contributed by atoms with Crippen molar-refractivity contribution >= 4 is 17.7 Å². The molecule has 2 aromatic rings. The minimum absolute atomic E-state index is 0.0564. The predicted octanol–water partition coefficient (Wildman–Crippen LogP) is 1.55. The second-order valence-corrected chi connectivity index (χ2v) is 5.75. The van der Waals surface area contributed by atoms with Gasteiger partial charge in [0.1, 0.15) is 6.33 Å². The molecule has 21 heavy (non-hydrogen) atoms. The van der Waals surface area contributed by atoms with Crippen LogP contribution in [0.1, 0.15) is 30.1 Å². The van der Waals surface area contributed by atoms with Crippen LogP contribution in [0, 0.1) is 0 Å². The average Bonchev–Trinajstić information content (AvgIpc) is 3.37. The van der Waals surface area contributed by atoms with Crippen LogP contribution in [0.2, 0.25) is 0 Å². The first-order valence-corrected chi connectivity index (χ1v) is 7.77. The van der Waals surface area contributed by atoms with Crippen LogP contribution in [0.3, 0.4) is 0 Å². The van der Waals surface area contributed by atoms with Gasteiger partial charge in [0, 0.05) is 24.0 Å². The third-order valence-corrected chi connectivity index (χ3v) is 3.96. The summed E-state index contributed by atoms with van der Waals surface area (Å²) in [6.07, 6.45) is 7.30. The van der Waals surface area contributed by atoms with Crippen LogP contribution < -0.4 is 5.32 Å². The molecule has 0 atom stereocenters. The van der Waals surface area contributed by atoms with Gasteiger partial charge in [-0.15, -0.1) is 0 Å². The van der Waals surface area contributed by atoms with Gasteiger partial charge in [-0.1, -0.05) is 11.8 Å². The summed E-state index contributed by atoms with van der Waals surface area (Å²) in [4.78, 5) is 28.3. The summed E-state index contributed by atoms with van der Waals surface area (Å²) < 4.78 is 0. The molecule has 2 heterocycles. The van der Waals surface area contributed by atoms with E-state index in [-0.39, 0.29) is 5.91 Å². The Morgan fingerprint density at radius 3 is 2.81 bits per heavy atom. The molecule has 0 saturated heterocycles. The normalized spacial score (nSPS) is 13.9. The monoisotopic (exact) mass is 301 g/mol. The zero-order valence-electron chi connectivity index (χ0n) is 11.4. The van der Waals surface area contributed by atoms with Crippen LogP contribution in [-0.4, -0.2) is 31.6 Å². The second kappa shape index (κ2) is 6.62. The van der Waals surface area contributed by atoms with E-state index in [4.69, 9.17) is 0 Å². The highest BCUT2D eigenvalue weighted by atomic mass is 32.2. The van der Waals surface area contributed by atoms with Gasteiger partial charge in [0.25, 0.3) is 0 Å². The van der Waals surface area contributed by atoms with Crippen LogP contribution in [0.15, 0.2) is 36.0 Å². The minimum Gasteiger partial charge on any atom is -0.350 e. The van der Waals surface area contributed by atoms with Crippen molar-refractivity contribution in [2.75, 3.05) is 5.75 Å². The van der Waals surface area contributed by atoms with E-state index in [2.05, 4.69) is 25.3 Å². The standard InChI is InChI=1S/C14H15N5OS/c20-13(8-21-14-15-4-1-5-16-14)17-7-11-6-12(10-2-3-10)19-9-18-11/h1,4-6,9-10H,2-3,7-8H2,(H,17,20). The lowest BCUT2D eigenvalue weighted by Crippen LogP contribution is -2.25. The van der Waals surface area contributed by atoms with Gasteiger partial charge in [-0.3, -0.25) is 4.79 Å². The maximum atomic E-state index is 11.8. The Labute approximate surface area is 126 Å². The van der Waals surface area contributed by atoms with E-state index in [9.17, 15) is 4.79 Å². The molecular formula is C14H15N5OS. The number of hydrogen-bond acceptors (Lipinski definition) is 6. The summed E-state index contributed by atoms with van der Waals surface area (Å²) in [6, 6.07) is 3.72. The summed E-state index contributed by atoms with van der Waals surface area (Å²) in [5, 5.41) is 3.45. The molecule has 1 N–H and O–H groups in total. The van der Waals surface area contributed by atoms with Crippen molar-refractivity contribution in [2.24, 2.45) is 0 Å². The molecule has 0 spiro atoms. The van der Waals surface area contributed by atoms with Gasteiger partial charge >= 0.3 is 0 Å². The summed E-state index contributed by atoms with van der Waals surface area (Å²) in [6.45, 7) is 0.428. The van der Waals surface area contributed by atoms with Gasteiger partial charge in [-0.25, -0.2) is 19.9 Å². The highest BCUT2D eigenvalue weighted by Gasteiger charge is 2.25. The molecule has 1 fully saturated rings. The van der Waals surface area contributed by atoms with Gasteiger partial charge in [0.2, 0.25) is 5.91 Å². The lowest BCUT2D eigenvalue weighted by molar-refractivity contribution is -0.118. The first kappa shape index (κ1) is 13.9. The Hall–Kier alpha value is -2.02. The second-order valence-electron chi connectivity index (χ2n) is 4.81. The lowest BCUT2D eigenvalue weighted by atomic mass is 10.2. The van der Waals surface area contributed by atoms with Crippen molar-refractivity contribution < 1.29 is 4.79 Å². The number of carbonyl (C=O) groups excluding carboxylic acids is 1. The third-order valence-electron chi connectivity index (χ3n) is 3.08. The van der Waals surface area contributed by atoms with E-state index in [0.717, 1.165) is 11.4 Å². The SMILES string of the molecule is O=C(CSc1ncccn1)NCc1cc(C2CC2)ncn1. The van der Waals surface area contributed by atoms with Gasteiger partial charge in [0.15, 0.2) is 5.16 Å². The van der Waals surface area contributed by atoms with Crippen LogP contribution in [-0.2, 0) is 11.3 Å². The summed E-state index contributed by atoms with van der Waals surface area (Å²) in [7, 11) is 0. The molecule has 0 bridgehead atoms. The highest BCUT2D eigenvalue weighted by Crippen LogP contribution is 2.38. The van der Waals surface area contributed by atoms with Crippen molar-refractivity contribution in [2.45, 2.75) is 30.5 Å². The number of aromatic nitrogens is 4. The number of rotatable bonds is 6. The number of hydrogen-bond donors (Lipinski definition) is 1. The fourth-order valence-corrected chi connectivity index (χ4v) is 2.48. The van der Waals surface area contributed by atoms with E-state index in [1.54, 1.807) is 24.8 Å². The maximum Gasteiger partial charge on any atom is 0.230 e. The Bertz CT molecular complexity index is 618. The number of nitrogens with one attached hydrogen (secondary N) is 1. The molecule has 1 saturated carbocycles. The number of thioether (sulfide) groups is 1. The molecular weight excluding hydrogens is 286 g/mol. The molecule has 0 unspecified atom stereocenters. The van der Waals surface area contributed by atoms with Crippen LogP contribution in [0.4, 0.5) is 0 Å². The van der Waals surface area contributed by atoms with Gasteiger partial charge in [0.05, 0.1) is 18.0 Å². The predicted molar refractivity (Wildman–Crippen MR) is 78.6 cm³/mol. The Balaban J connectivity index is 1.46. The van der Waals surface area contributed by atoms with Gasteiger partial charge in [-0.2, -0.15) is 0 Å². The van der Waals surface area contributed by atoms with Crippen molar-refractivity contribution in [3.8, 4) is 0 Å². The molecule has 108 valence electrons. The van der Waals surface area contributed by atoms with E-state index in [1.165, 1.54) is 24.6 Å². The van der Waals surface area contributed by atoms with E-state index < -0.39 is 0 Å². The molecule has 0 aromatic carbocycles. The zero-order chi connectivity index (χ0) is 14.5. The Morgan fingerprint density at radius 1 is 1.24 bits per heavy atom. The van der Waals surface area contributed by atoms with Crippen molar-refractivity contribution in [1.82, 2.24) is 25.3 Å². The summed E-state index contributed by atoms with van der Waals surface area (Å²) in [5.74, 6) is 0.831. The number of carbonyl (C=O) groups is 1. The lowest BCUT2D eigenvalue weighted by Gasteiger charge is -2.05. The van der Waals surface area contributed by atoms with Crippen molar-refractivity contribution in [3.63, 3.8) is 0 Å². The Morgan fingerprint density at radius 2 is 2.05 bits per heavy atom. The molecule has 6 nitrogen and oxygen atoms in total. The van der Waals surface area contributed by atoms with Crippen molar-refractivity contribution in [1.29, 1.82) is 0 Å². The minimum atomic E-state index is -0.0564. The number of amides is 1. The molecule has 0 radical (unpaired) electrons. The summed E-state index contributed by atoms with van der Waals surface area (Å²) >= 11 is 1.31. The highest BCUT2D eigenvalue weighted by molar-refractivity contribution is 7.99. The topological polar surface area (TPSA) is 80.7 Å². The van der Waals surface area contributed by atoms with E-state index in [0.29, 0.717) is 23.4 Å². The van der Waals surface area contributed by atoms with Crippen LogP contribution in [0.5, 0.6) is 0 Å². The van der Waals surface area contributed by atoms with Gasteiger partial charge in [-0.05, 0) is 25.0 Å². The fourth-order valence-electron chi connectivity index (χ4n) is 1.84. The Kier molecular flexibility index (Phi) is 4.40. The molecule has 7 heteroatoms. The number of nitrogens with zero attached hydrogens (tertiary/aromatic N) is 4. The van der Waals surface area contributed by atoms with Crippen LogP contribution >= 0.6 is 11.8 Å². The van der Waals surface area contributed by atoms with Crippen molar-refractivity contribution in [3.05, 3.63) is 42.2 Å². The van der Waals surface area contributed by atoms with E-state index in [1.807, 2.05) is 6.07 Å². The van der Waals surface area contributed by atoms with E-state index >= 15 is 0 Å². The molecule has 3 rings (SSSR count). The maximum absolute atomic E-state index is 11.8. The smallest absolute Gasteiger partial charge is 0.230 e. The zero-order valence-corrected chi connectivity index (χ0v) is 12.2. The molecule has 1 aliphatic rings. The third kappa shape index (κ3) is 4.22. The summed E-state index contributed by atoms with van der Waals surface area (Å²) in [5.41, 5.74) is 1.93. The first-order chi connectivity index (χ1) is 10.3. The molecule has 0 aliphatic heterocycles. The average molecular weight is 301 g/mol. The largest absolute Gasteiger partial charge is 0.350 e.